The first kappa shape index (κ1) is 20.0. The fourth-order valence-corrected chi connectivity index (χ4v) is 3.01. The smallest absolute Gasteiger partial charge is 0.260 e. The first-order valence-electron chi connectivity index (χ1n) is 8.80. The van der Waals surface area contributed by atoms with E-state index in [1.165, 1.54) is 23.8 Å². The van der Waals surface area contributed by atoms with Crippen LogP contribution in [0.4, 0.5) is 5.69 Å². The highest BCUT2D eigenvalue weighted by atomic mass is 32.1. The van der Waals surface area contributed by atoms with Crippen molar-refractivity contribution in [2.24, 2.45) is 0 Å². The van der Waals surface area contributed by atoms with Gasteiger partial charge in [0.25, 0.3) is 5.17 Å². The van der Waals surface area contributed by atoms with Crippen molar-refractivity contribution in [2.45, 2.75) is 40.2 Å². The number of rotatable bonds is 7. The molecule has 0 bridgehead atoms. The summed E-state index contributed by atoms with van der Waals surface area (Å²) in [6, 6.07) is 10.1. The molecule has 0 fully saturated rings. The van der Waals surface area contributed by atoms with E-state index in [2.05, 4.69) is 38.2 Å². The summed E-state index contributed by atoms with van der Waals surface area (Å²) in [7, 11) is 3.19. The zero-order chi connectivity index (χ0) is 19.1. The van der Waals surface area contributed by atoms with E-state index in [-0.39, 0.29) is 0 Å². The van der Waals surface area contributed by atoms with E-state index in [0.29, 0.717) is 11.8 Å². The molecule has 0 aliphatic carbocycles. The van der Waals surface area contributed by atoms with Gasteiger partial charge in [-0.05, 0) is 66.9 Å². The van der Waals surface area contributed by atoms with Gasteiger partial charge in [-0.25, -0.2) is 0 Å². The van der Waals surface area contributed by atoms with Crippen LogP contribution in [-0.4, -0.2) is 19.4 Å². The lowest BCUT2D eigenvalue weighted by Crippen LogP contribution is -2.13. The summed E-state index contributed by atoms with van der Waals surface area (Å²) in [6.07, 6.45) is 1.95. The molecule has 0 unspecified atom stereocenters. The lowest BCUT2D eigenvalue weighted by molar-refractivity contribution is 0.294. The Hall–Kier alpha value is -2.27. The van der Waals surface area contributed by atoms with Crippen molar-refractivity contribution < 1.29 is 14.2 Å². The highest BCUT2D eigenvalue weighted by Crippen LogP contribution is 2.30. The monoisotopic (exact) mass is 373 g/mol. The minimum absolute atomic E-state index is 0.303. The van der Waals surface area contributed by atoms with Gasteiger partial charge in [0.15, 0.2) is 0 Å². The molecule has 0 saturated heterocycles. The largest absolute Gasteiger partial charge is 0.496 e. The van der Waals surface area contributed by atoms with Crippen LogP contribution in [0.5, 0.6) is 11.5 Å². The third kappa shape index (κ3) is 4.67. The SMILES string of the molecule is CCc1cc(CC)c(OCc2c(NC(=S)OC)cccc2OC)cc1C. The second-order valence-electron chi connectivity index (χ2n) is 5.99. The minimum Gasteiger partial charge on any atom is -0.496 e. The van der Waals surface area contributed by atoms with Crippen molar-refractivity contribution in [1.82, 2.24) is 0 Å². The average Bonchev–Trinajstić information content (AvgIpc) is 2.66. The molecule has 2 rings (SSSR count). The number of methoxy groups -OCH3 is 2. The molecule has 1 N–H and O–H groups in total. The van der Waals surface area contributed by atoms with Gasteiger partial charge in [0.05, 0.1) is 25.5 Å². The number of aryl methyl sites for hydroxylation is 3. The summed E-state index contributed by atoms with van der Waals surface area (Å²) >= 11 is 5.12. The topological polar surface area (TPSA) is 39.7 Å². The van der Waals surface area contributed by atoms with Gasteiger partial charge in [0.1, 0.15) is 18.1 Å². The van der Waals surface area contributed by atoms with E-state index in [0.717, 1.165) is 35.6 Å². The standard InChI is InChI=1S/C21H27NO3S/c1-6-15-12-16(7-2)20(11-14(15)3)25-13-17-18(22-21(26)24-5)9-8-10-19(17)23-4/h8-12H,6-7,13H2,1-5H3,(H,22,26). The molecule has 4 nitrogen and oxygen atoms in total. The highest BCUT2D eigenvalue weighted by molar-refractivity contribution is 7.80. The van der Waals surface area contributed by atoms with Gasteiger partial charge < -0.3 is 19.5 Å². The van der Waals surface area contributed by atoms with Gasteiger partial charge in [-0.2, -0.15) is 0 Å². The predicted octanol–water partition coefficient (Wildman–Crippen LogP) is 5.05. The maximum atomic E-state index is 6.19. The molecule has 0 aromatic heterocycles. The molecule has 0 spiro atoms. The summed E-state index contributed by atoms with van der Waals surface area (Å²) in [5, 5.41) is 3.38. The van der Waals surface area contributed by atoms with Crippen molar-refractivity contribution >= 4 is 23.1 Å². The lowest BCUT2D eigenvalue weighted by atomic mass is 10.0. The fraction of sp³-hybridized carbons (Fsp3) is 0.381. The van der Waals surface area contributed by atoms with Gasteiger partial charge in [-0.15, -0.1) is 0 Å². The highest BCUT2D eigenvalue weighted by Gasteiger charge is 2.13. The molecule has 0 amide bonds. The van der Waals surface area contributed by atoms with Crippen molar-refractivity contribution in [3.63, 3.8) is 0 Å². The molecular weight excluding hydrogens is 346 g/mol. The molecule has 2 aromatic rings. The molecule has 26 heavy (non-hydrogen) atoms. The molecule has 140 valence electrons. The van der Waals surface area contributed by atoms with Gasteiger partial charge in [-0.1, -0.05) is 26.0 Å². The normalized spacial score (nSPS) is 10.3. The van der Waals surface area contributed by atoms with Gasteiger partial charge in [-0.3, -0.25) is 0 Å². The number of hydrogen-bond acceptors (Lipinski definition) is 4. The summed E-state index contributed by atoms with van der Waals surface area (Å²) in [4.78, 5) is 0. The fourth-order valence-electron chi connectivity index (χ4n) is 2.90. The van der Waals surface area contributed by atoms with Crippen LogP contribution in [-0.2, 0) is 24.2 Å². The summed E-state index contributed by atoms with van der Waals surface area (Å²) in [5.74, 6) is 1.65. The van der Waals surface area contributed by atoms with Crippen LogP contribution in [0.1, 0.15) is 36.1 Å². The van der Waals surface area contributed by atoms with E-state index in [9.17, 15) is 0 Å². The van der Waals surface area contributed by atoms with Gasteiger partial charge >= 0.3 is 0 Å². The first-order valence-corrected chi connectivity index (χ1v) is 9.20. The molecule has 0 heterocycles. The van der Waals surface area contributed by atoms with E-state index in [1.807, 2.05) is 18.2 Å². The van der Waals surface area contributed by atoms with Crippen LogP contribution >= 0.6 is 12.2 Å². The number of hydrogen-bond donors (Lipinski definition) is 1. The Morgan fingerprint density at radius 1 is 1.04 bits per heavy atom. The molecule has 5 heteroatoms. The van der Waals surface area contributed by atoms with Crippen LogP contribution in [0.15, 0.2) is 30.3 Å². The van der Waals surface area contributed by atoms with Gasteiger partial charge in [0, 0.05) is 0 Å². The Morgan fingerprint density at radius 2 is 1.77 bits per heavy atom. The van der Waals surface area contributed by atoms with E-state index >= 15 is 0 Å². The number of benzene rings is 2. The summed E-state index contributed by atoms with van der Waals surface area (Å²) in [6.45, 7) is 6.81. The Balaban J connectivity index is 2.31. The lowest BCUT2D eigenvalue weighted by Gasteiger charge is -2.18. The van der Waals surface area contributed by atoms with Crippen molar-refractivity contribution in [3.8, 4) is 11.5 Å². The second kappa shape index (κ2) is 9.43. The third-order valence-electron chi connectivity index (χ3n) is 4.43. The Labute approximate surface area is 161 Å². The minimum atomic E-state index is 0.303. The van der Waals surface area contributed by atoms with E-state index in [1.54, 1.807) is 7.11 Å². The van der Waals surface area contributed by atoms with Crippen molar-refractivity contribution in [3.05, 3.63) is 52.6 Å². The molecule has 0 saturated carbocycles. The number of ether oxygens (including phenoxy) is 3. The maximum absolute atomic E-state index is 6.19. The molecule has 0 atom stereocenters. The average molecular weight is 374 g/mol. The maximum Gasteiger partial charge on any atom is 0.260 e. The molecule has 0 aliphatic rings. The first-order chi connectivity index (χ1) is 12.5. The van der Waals surface area contributed by atoms with Crippen LogP contribution in [0.3, 0.4) is 0 Å². The molecule has 0 radical (unpaired) electrons. The number of nitrogens with one attached hydrogen (secondary N) is 1. The van der Waals surface area contributed by atoms with Gasteiger partial charge in [0.2, 0.25) is 0 Å². The molecule has 0 aliphatic heterocycles. The summed E-state index contributed by atoms with van der Waals surface area (Å²) in [5.41, 5.74) is 5.53. The Morgan fingerprint density at radius 3 is 2.38 bits per heavy atom. The second-order valence-corrected chi connectivity index (χ2v) is 6.36. The van der Waals surface area contributed by atoms with E-state index in [4.69, 9.17) is 26.4 Å². The van der Waals surface area contributed by atoms with Crippen LogP contribution < -0.4 is 14.8 Å². The molecule has 2 aromatic carbocycles. The zero-order valence-corrected chi connectivity index (χ0v) is 17.0. The Kier molecular flexibility index (Phi) is 7.27. The van der Waals surface area contributed by atoms with Crippen LogP contribution in [0.25, 0.3) is 0 Å². The number of thiocarbonyl (C=S) groups is 1. The van der Waals surface area contributed by atoms with E-state index < -0.39 is 0 Å². The van der Waals surface area contributed by atoms with Crippen LogP contribution in [0, 0.1) is 6.92 Å². The van der Waals surface area contributed by atoms with Crippen molar-refractivity contribution in [2.75, 3.05) is 19.5 Å². The quantitative estimate of drug-likeness (QED) is 0.688. The summed E-state index contributed by atoms with van der Waals surface area (Å²) < 4.78 is 16.8. The van der Waals surface area contributed by atoms with Crippen LogP contribution in [0.2, 0.25) is 0 Å². The number of anilines is 1. The predicted molar refractivity (Wildman–Crippen MR) is 110 cm³/mol. The van der Waals surface area contributed by atoms with Crippen molar-refractivity contribution in [1.29, 1.82) is 0 Å². The molecular formula is C21H27NO3S. The zero-order valence-electron chi connectivity index (χ0n) is 16.1. The third-order valence-corrected chi connectivity index (χ3v) is 4.70. The Bertz CT molecular complexity index is 774.